The molecule has 1 N–H and O–H groups in total. The summed E-state index contributed by atoms with van der Waals surface area (Å²) in [4.78, 5) is 11.7. The minimum Gasteiger partial charge on any atom is -0.352 e. The van der Waals surface area contributed by atoms with Crippen LogP contribution in [0.1, 0.15) is 23.7 Å². The standard InChI is InChI=1S/C12H13Cl2NO/c1-2-3-4-7-15-12(16)10-8-9(13)5-6-11(10)14/h2-3,5-6,8H,4,7H2,1H3,(H,15,16)/b3-2+. The van der Waals surface area contributed by atoms with Gasteiger partial charge in [-0.25, -0.2) is 0 Å². The number of hydrogen-bond donors (Lipinski definition) is 1. The van der Waals surface area contributed by atoms with Crippen LogP contribution >= 0.6 is 23.2 Å². The van der Waals surface area contributed by atoms with E-state index in [2.05, 4.69) is 5.32 Å². The fourth-order valence-corrected chi connectivity index (χ4v) is 1.58. The van der Waals surface area contributed by atoms with E-state index in [1.54, 1.807) is 18.2 Å². The fraction of sp³-hybridized carbons (Fsp3) is 0.250. The number of rotatable bonds is 4. The lowest BCUT2D eigenvalue weighted by Crippen LogP contribution is -2.24. The summed E-state index contributed by atoms with van der Waals surface area (Å²) in [6.45, 7) is 2.53. The second kappa shape index (κ2) is 6.56. The molecule has 0 spiro atoms. The van der Waals surface area contributed by atoms with Gasteiger partial charge in [0.2, 0.25) is 0 Å². The lowest BCUT2D eigenvalue weighted by Gasteiger charge is -2.05. The average Bonchev–Trinajstić information content (AvgIpc) is 2.27. The number of amides is 1. The summed E-state index contributed by atoms with van der Waals surface area (Å²) in [7, 11) is 0. The minimum absolute atomic E-state index is 0.197. The zero-order valence-corrected chi connectivity index (χ0v) is 10.5. The normalized spacial score (nSPS) is 10.7. The van der Waals surface area contributed by atoms with Crippen molar-refractivity contribution < 1.29 is 4.79 Å². The molecular formula is C12H13Cl2NO. The zero-order chi connectivity index (χ0) is 12.0. The molecule has 2 nitrogen and oxygen atoms in total. The molecule has 0 fully saturated rings. The summed E-state index contributed by atoms with van der Waals surface area (Å²) in [5, 5.41) is 3.68. The maximum atomic E-state index is 11.7. The first-order valence-electron chi connectivity index (χ1n) is 4.99. The molecule has 1 rings (SSSR count). The molecule has 0 aliphatic rings. The van der Waals surface area contributed by atoms with E-state index >= 15 is 0 Å². The first-order chi connectivity index (χ1) is 7.65. The van der Waals surface area contributed by atoms with Gasteiger partial charge in [0.15, 0.2) is 0 Å². The van der Waals surface area contributed by atoms with Gasteiger partial charge in [-0.05, 0) is 31.5 Å². The highest BCUT2D eigenvalue weighted by atomic mass is 35.5. The third-order valence-electron chi connectivity index (χ3n) is 2.01. The Morgan fingerprint density at radius 3 is 2.88 bits per heavy atom. The molecule has 0 aliphatic heterocycles. The highest BCUT2D eigenvalue weighted by Gasteiger charge is 2.09. The molecule has 86 valence electrons. The van der Waals surface area contributed by atoms with Crippen LogP contribution in [-0.2, 0) is 0 Å². The van der Waals surface area contributed by atoms with E-state index in [4.69, 9.17) is 23.2 Å². The highest BCUT2D eigenvalue weighted by molar-refractivity contribution is 6.35. The molecule has 0 aromatic heterocycles. The van der Waals surface area contributed by atoms with Crippen molar-refractivity contribution in [3.8, 4) is 0 Å². The molecule has 0 unspecified atom stereocenters. The summed E-state index contributed by atoms with van der Waals surface area (Å²) in [6.07, 6.45) is 4.73. The summed E-state index contributed by atoms with van der Waals surface area (Å²) in [6, 6.07) is 4.83. The Morgan fingerprint density at radius 1 is 1.44 bits per heavy atom. The molecule has 4 heteroatoms. The van der Waals surface area contributed by atoms with Crippen LogP contribution in [0.4, 0.5) is 0 Å². The second-order valence-electron chi connectivity index (χ2n) is 3.24. The molecule has 0 saturated heterocycles. The Morgan fingerprint density at radius 2 is 2.19 bits per heavy atom. The van der Waals surface area contributed by atoms with E-state index < -0.39 is 0 Å². The van der Waals surface area contributed by atoms with E-state index in [1.165, 1.54) is 0 Å². The van der Waals surface area contributed by atoms with Crippen LogP contribution in [0.25, 0.3) is 0 Å². The number of allylic oxidation sites excluding steroid dienone is 1. The van der Waals surface area contributed by atoms with E-state index in [9.17, 15) is 4.79 Å². The molecule has 0 bridgehead atoms. The monoisotopic (exact) mass is 257 g/mol. The quantitative estimate of drug-likeness (QED) is 0.647. The van der Waals surface area contributed by atoms with Gasteiger partial charge in [-0.1, -0.05) is 35.4 Å². The number of carbonyl (C=O) groups is 1. The van der Waals surface area contributed by atoms with E-state index in [-0.39, 0.29) is 5.91 Å². The summed E-state index contributed by atoms with van der Waals surface area (Å²) >= 11 is 11.7. The van der Waals surface area contributed by atoms with Crippen molar-refractivity contribution in [2.75, 3.05) is 6.54 Å². The van der Waals surface area contributed by atoms with Crippen molar-refractivity contribution in [1.82, 2.24) is 5.32 Å². The molecule has 1 amide bonds. The van der Waals surface area contributed by atoms with Crippen LogP contribution in [0.3, 0.4) is 0 Å². The molecule has 0 saturated carbocycles. The summed E-state index contributed by atoms with van der Waals surface area (Å²) in [5.41, 5.74) is 0.412. The van der Waals surface area contributed by atoms with Gasteiger partial charge in [-0.15, -0.1) is 0 Å². The Labute approximate surface area is 105 Å². The third kappa shape index (κ3) is 3.87. The molecular weight excluding hydrogens is 245 g/mol. The van der Waals surface area contributed by atoms with Crippen molar-refractivity contribution >= 4 is 29.1 Å². The van der Waals surface area contributed by atoms with E-state index in [1.807, 2.05) is 19.1 Å². The topological polar surface area (TPSA) is 29.1 Å². The minimum atomic E-state index is -0.197. The maximum Gasteiger partial charge on any atom is 0.252 e. The van der Waals surface area contributed by atoms with Crippen molar-refractivity contribution in [3.05, 3.63) is 46.0 Å². The van der Waals surface area contributed by atoms with Crippen LogP contribution in [0, 0.1) is 0 Å². The molecule has 0 aliphatic carbocycles. The van der Waals surface area contributed by atoms with Crippen LogP contribution in [-0.4, -0.2) is 12.5 Å². The van der Waals surface area contributed by atoms with E-state index in [0.717, 1.165) is 6.42 Å². The smallest absolute Gasteiger partial charge is 0.252 e. The Kier molecular flexibility index (Phi) is 5.36. The molecule has 16 heavy (non-hydrogen) atoms. The summed E-state index contributed by atoms with van der Waals surface area (Å²) in [5.74, 6) is -0.197. The molecule has 1 aromatic carbocycles. The number of hydrogen-bond acceptors (Lipinski definition) is 1. The number of benzene rings is 1. The van der Waals surface area contributed by atoms with Crippen LogP contribution in [0.15, 0.2) is 30.4 Å². The van der Waals surface area contributed by atoms with Gasteiger partial charge in [0, 0.05) is 11.6 Å². The predicted octanol–water partition coefficient (Wildman–Crippen LogP) is 3.69. The van der Waals surface area contributed by atoms with Gasteiger partial charge in [-0.2, -0.15) is 0 Å². The number of halogens is 2. The predicted molar refractivity (Wildman–Crippen MR) is 68.2 cm³/mol. The highest BCUT2D eigenvalue weighted by Crippen LogP contribution is 2.20. The second-order valence-corrected chi connectivity index (χ2v) is 4.08. The van der Waals surface area contributed by atoms with Crippen molar-refractivity contribution in [3.63, 3.8) is 0 Å². The van der Waals surface area contributed by atoms with Crippen molar-refractivity contribution in [2.24, 2.45) is 0 Å². The van der Waals surface area contributed by atoms with Gasteiger partial charge >= 0.3 is 0 Å². The lowest BCUT2D eigenvalue weighted by atomic mass is 10.2. The van der Waals surface area contributed by atoms with Gasteiger partial charge in [-0.3, -0.25) is 4.79 Å². The van der Waals surface area contributed by atoms with Crippen molar-refractivity contribution in [1.29, 1.82) is 0 Å². The van der Waals surface area contributed by atoms with Crippen LogP contribution < -0.4 is 5.32 Å². The zero-order valence-electron chi connectivity index (χ0n) is 8.97. The number of nitrogens with one attached hydrogen (secondary N) is 1. The van der Waals surface area contributed by atoms with Gasteiger partial charge < -0.3 is 5.32 Å². The van der Waals surface area contributed by atoms with Crippen LogP contribution in [0.5, 0.6) is 0 Å². The van der Waals surface area contributed by atoms with Crippen molar-refractivity contribution in [2.45, 2.75) is 13.3 Å². The summed E-state index contributed by atoms with van der Waals surface area (Å²) < 4.78 is 0. The van der Waals surface area contributed by atoms with Gasteiger partial charge in [0.1, 0.15) is 0 Å². The first-order valence-corrected chi connectivity index (χ1v) is 5.75. The number of carbonyl (C=O) groups excluding carboxylic acids is 1. The average molecular weight is 258 g/mol. The van der Waals surface area contributed by atoms with E-state index in [0.29, 0.717) is 22.2 Å². The molecule has 0 atom stereocenters. The van der Waals surface area contributed by atoms with Gasteiger partial charge in [0.25, 0.3) is 5.91 Å². The van der Waals surface area contributed by atoms with Crippen LogP contribution in [0.2, 0.25) is 10.0 Å². The largest absolute Gasteiger partial charge is 0.352 e. The third-order valence-corrected chi connectivity index (χ3v) is 2.57. The first kappa shape index (κ1) is 13.1. The van der Waals surface area contributed by atoms with Gasteiger partial charge in [0.05, 0.1) is 10.6 Å². The molecule has 0 heterocycles. The lowest BCUT2D eigenvalue weighted by molar-refractivity contribution is 0.0954. The SMILES string of the molecule is C/C=C/CCNC(=O)c1cc(Cl)ccc1Cl. The molecule has 0 radical (unpaired) electrons. The molecule has 1 aromatic rings. The Balaban J connectivity index is 2.62. The Hall–Kier alpha value is -0.990. The Bertz CT molecular complexity index is 402. The maximum absolute atomic E-state index is 11.7. The fourth-order valence-electron chi connectivity index (χ4n) is 1.20.